The largest absolute Gasteiger partial charge is 0.373 e. The van der Waals surface area contributed by atoms with Gasteiger partial charge in [-0.3, -0.25) is 9.48 Å². The molecule has 0 aliphatic heterocycles. The maximum absolute atomic E-state index is 12.5. The summed E-state index contributed by atoms with van der Waals surface area (Å²) in [6.45, 7) is 1.45. The summed E-state index contributed by atoms with van der Waals surface area (Å²) in [5.74, 6) is 0.289. The lowest BCUT2D eigenvalue weighted by atomic mass is 10.1. The highest BCUT2D eigenvalue weighted by molar-refractivity contribution is 6.33. The van der Waals surface area contributed by atoms with Crippen molar-refractivity contribution in [3.05, 3.63) is 16.9 Å². The van der Waals surface area contributed by atoms with Crippen LogP contribution in [-0.4, -0.2) is 54.3 Å². The van der Waals surface area contributed by atoms with E-state index in [1.54, 1.807) is 11.8 Å². The summed E-state index contributed by atoms with van der Waals surface area (Å²) in [6, 6.07) is 0. The van der Waals surface area contributed by atoms with Gasteiger partial charge in [-0.2, -0.15) is 5.10 Å². The first-order chi connectivity index (χ1) is 9.04. The number of nitrogens with zero attached hydrogens (tertiary/aromatic N) is 3. The number of likely N-dealkylation sites (N-methyl/N-ethyl adjacent to an activating group) is 1. The number of methoxy groups -OCH3 is 1. The van der Waals surface area contributed by atoms with Crippen LogP contribution in [0.25, 0.3) is 0 Å². The van der Waals surface area contributed by atoms with Crippen molar-refractivity contribution in [3.63, 3.8) is 0 Å². The highest BCUT2D eigenvalue weighted by Crippen LogP contribution is 2.36. The Morgan fingerprint density at radius 2 is 2.32 bits per heavy atom. The van der Waals surface area contributed by atoms with E-state index < -0.39 is 0 Å². The highest BCUT2D eigenvalue weighted by atomic mass is 35.5. The highest BCUT2D eigenvalue weighted by Gasteiger charge is 2.38. The maximum atomic E-state index is 12.5. The first-order valence-electron chi connectivity index (χ1n) is 6.47. The number of Topliss-reactive ketones (excluding diaryl/α,β-unsaturated/α-hetero) is 1. The quantitative estimate of drug-likeness (QED) is 0.716. The van der Waals surface area contributed by atoms with Gasteiger partial charge in [-0.25, -0.2) is 0 Å². The Morgan fingerprint density at radius 1 is 1.63 bits per heavy atom. The molecule has 5 nitrogen and oxygen atoms in total. The molecule has 1 unspecified atom stereocenters. The van der Waals surface area contributed by atoms with Crippen molar-refractivity contribution < 1.29 is 9.53 Å². The second-order valence-electron chi connectivity index (χ2n) is 5.23. The van der Waals surface area contributed by atoms with Gasteiger partial charge in [0.2, 0.25) is 5.78 Å². The van der Waals surface area contributed by atoms with Crippen LogP contribution in [0.15, 0.2) is 6.20 Å². The summed E-state index contributed by atoms with van der Waals surface area (Å²) in [4.78, 5) is 14.6. The normalized spacial score (nSPS) is 16.9. The second kappa shape index (κ2) is 6.03. The van der Waals surface area contributed by atoms with E-state index in [0.717, 1.165) is 19.4 Å². The van der Waals surface area contributed by atoms with Crippen LogP contribution in [0.1, 0.15) is 23.3 Å². The molecule has 2 rings (SSSR count). The minimum atomic E-state index is -0.382. The molecule has 106 valence electrons. The molecule has 0 spiro atoms. The zero-order valence-corrected chi connectivity index (χ0v) is 12.4. The molecule has 1 aliphatic carbocycles. The van der Waals surface area contributed by atoms with E-state index in [1.165, 1.54) is 6.20 Å². The van der Waals surface area contributed by atoms with Crippen LogP contribution in [-0.2, 0) is 11.3 Å². The molecular formula is C13H20ClN3O2. The lowest BCUT2D eigenvalue weighted by Gasteiger charge is -2.16. The Balaban J connectivity index is 2.17. The number of halogens is 1. The van der Waals surface area contributed by atoms with Crippen molar-refractivity contribution >= 4 is 17.4 Å². The van der Waals surface area contributed by atoms with Crippen LogP contribution in [0.5, 0.6) is 0 Å². The van der Waals surface area contributed by atoms with E-state index in [2.05, 4.69) is 5.10 Å². The molecule has 1 aliphatic rings. The van der Waals surface area contributed by atoms with Crippen molar-refractivity contribution in [2.75, 3.05) is 27.7 Å². The van der Waals surface area contributed by atoms with Crippen molar-refractivity contribution in [1.82, 2.24) is 14.7 Å². The predicted octanol–water partition coefficient (Wildman–Crippen LogP) is 1.71. The summed E-state index contributed by atoms with van der Waals surface area (Å²) >= 11 is 6.11. The molecule has 1 atom stereocenters. The molecule has 19 heavy (non-hydrogen) atoms. The molecule has 0 saturated heterocycles. The van der Waals surface area contributed by atoms with E-state index in [9.17, 15) is 4.79 Å². The van der Waals surface area contributed by atoms with Gasteiger partial charge in [-0.05, 0) is 32.9 Å². The van der Waals surface area contributed by atoms with Gasteiger partial charge in [0.1, 0.15) is 11.8 Å². The Kier molecular flexibility index (Phi) is 4.60. The molecular weight excluding hydrogens is 266 g/mol. The Morgan fingerprint density at radius 3 is 2.84 bits per heavy atom. The number of hydrogen-bond acceptors (Lipinski definition) is 4. The minimum Gasteiger partial charge on any atom is -0.373 e. The predicted molar refractivity (Wildman–Crippen MR) is 73.6 cm³/mol. The molecule has 1 heterocycles. The van der Waals surface area contributed by atoms with Gasteiger partial charge in [0.05, 0.1) is 17.8 Å². The molecule has 0 bridgehead atoms. The van der Waals surface area contributed by atoms with Crippen molar-refractivity contribution in [2.24, 2.45) is 5.92 Å². The zero-order valence-electron chi connectivity index (χ0n) is 11.6. The van der Waals surface area contributed by atoms with E-state index in [-0.39, 0.29) is 11.9 Å². The van der Waals surface area contributed by atoms with Gasteiger partial charge in [-0.1, -0.05) is 11.6 Å². The lowest BCUT2D eigenvalue weighted by molar-refractivity contribution is 0.0528. The van der Waals surface area contributed by atoms with Crippen molar-refractivity contribution in [3.8, 4) is 0 Å². The maximum Gasteiger partial charge on any atom is 0.211 e. The molecule has 0 amide bonds. The van der Waals surface area contributed by atoms with Crippen LogP contribution in [0.3, 0.4) is 0 Å². The Hall–Kier alpha value is -0.910. The topological polar surface area (TPSA) is 47.4 Å². The third-order valence-corrected chi connectivity index (χ3v) is 3.63. The number of aromatic nitrogens is 2. The van der Waals surface area contributed by atoms with Gasteiger partial charge in [0, 0.05) is 13.7 Å². The number of carbonyl (C=O) groups is 1. The van der Waals surface area contributed by atoms with Gasteiger partial charge in [0.15, 0.2) is 0 Å². The molecule has 0 radical (unpaired) electrons. The number of carbonyl (C=O) groups excluding carboxylic acids is 1. The minimum absolute atomic E-state index is 0.0498. The molecule has 1 aromatic heterocycles. The molecule has 0 N–H and O–H groups in total. The molecule has 0 aromatic carbocycles. The molecule has 1 saturated carbocycles. The third-order valence-electron chi connectivity index (χ3n) is 3.35. The molecule has 1 fully saturated rings. The van der Waals surface area contributed by atoms with Crippen LogP contribution < -0.4 is 0 Å². The van der Waals surface area contributed by atoms with Crippen LogP contribution in [0.4, 0.5) is 0 Å². The molecule has 6 heteroatoms. The number of hydrogen-bond donors (Lipinski definition) is 0. The van der Waals surface area contributed by atoms with Crippen LogP contribution in [0, 0.1) is 5.92 Å². The summed E-state index contributed by atoms with van der Waals surface area (Å²) in [5.41, 5.74) is 0.474. The zero-order chi connectivity index (χ0) is 14.0. The summed E-state index contributed by atoms with van der Waals surface area (Å²) in [5, 5.41) is 4.60. The van der Waals surface area contributed by atoms with E-state index in [4.69, 9.17) is 16.3 Å². The van der Waals surface area contributed by atoms with E-state index >= 15 is 0 Å². The second-order valence-corrected chi connectivity index (χ2v) is 5.63. The van der Waals surface area contributed by atoms with Gasteiger partial charge in [0.25, 0.3) is 0 Å². The van der Waals surface area contributed by atoms with Crippen LogP contribution >= 0.6 is 11.6 Å². The summed E-state index contributed by atoms with van der Waals surface area (Å²) < 4.78 is 7.02. The monoisotopic (exact) mass is 285 g/mol. The third kappa shape index (κ3) is 3.35. The SMILES string of the molecule is COC(C(=O)c1c(Cl)cnn1CCN(C)C)C1CC1. The average molecular weight is 286 g/mol. The van der Waals surface area contributed by atoms with E-state index in [0.29, 0.717) is 23.2 Å². The summed E-state index contributed by atoms with van der Waals surface area (Å²) in [6.07, 6.45) is 3.25. The van der Waals surface area contributed by atoms with Gasteiger partial charge in [-0.15, -0.1) is 0 Å². The Bertz CT molecular complexity index is 455. The lowest BCUT2D eigenvalue weighted by Crippen LogP contribution is -2.29. The van der Waals surface area contributed by atoms with Gasteiger partial charge >= 0.3 is 0 Å². The smallest absolute Gasteiger partial charge is 0.211 e. The average Bonchev–Trinajstić information content (AvgIpc) is 3.11. The first kappa shape index (κ1) is 14.5. The fourth-order valence-corrected chi connectivity index (χ4v) is 2.35. The van der Waals surface area contributed by atoms with Crippen LogP contribution in [0.2, 0.25) is 5.02 Å². The number of ketones is 1. The van der Waals surface area contributed by atoms with Gasteiger partial charge < -0.3 is 9.64 Å². The first-order valence-corrected chi connectivity index (χ1v) is 6.85. The number of rotatable bonds is 7. The standard InChI is InChI=1S/C13H20ClN3O2/c1-16(2)6-7-17-11(10(14)8-15-17)12(18)13(19-3)9-4-5-9/h8-9,13H,4-7H2,1-3H3. The van der Waals surface area contributed by atoms with Crippen molar-refractivity contribution in [1.29, 1.82) is 0 Å². The number of ether oxygens (including phenoxy) is 1. The Labute approximate surface area is 118 Å². The fourth-order valence-electron chi connectivity index (χ4n) is 2.12. The molecule has 1 aromatic rings. The van der Waals surface area contributed by atoms with E-state index in [1.807, 2.05) is 19.0 Å². The summed E-state index contributed by atoms with van der Waals surface area (Å²) in [7, 11) is 5.54. The fraction of sp³-hybridized carbons (Fsp3) is 0.692. The van der Waals surface area contributed by atoms with Crippen molar-refractivity contribution in [2.45, 2.75) is 25.5 Å².